The van der Waals surface area contributed by atoms with E-state index in [1.54, 1.807) is 40.0 Å². The molecule has 0 aliphatic rings. The molecule has 0 saturated carbocycles. The van der Waals surface area contributed by atoms with Gasteiger partial charge in [-0.25, -0.2) is 9.78 Å². The fourth-order valence-electron chi connectivity index (χ4n) is 1.78. The molecule has 1 heterocycles. The molecule has 0 bridgehead atoms. The number of carbonyl (C=O) groups excluding carboxylic acids is 2. The van der Waals surface area contributed by atoms with E-state index in [1.807, 2.05) is 0 Å². The highest BCUT2D eigenvalue weighted by Crippen LogP contribution is 2.22. The van der Waals surface area contributed by atoms with Gasteiger partial charge in [0, 0.05) is 12.6 Å². The highest BCUT2D eigenvalue weighted by Gasteiger charge is 2.17. The molecule has 0 aromatic carbocycles. The summed E-state index contributed by atoms with van der Waals surface area (Å²) in [7, 11) is 0. The van der Waals surface area contributed by atoms with E-state index < -0.39 is 11.7 Å². The second-order valence-electron chi connectivity index (χ2n) is 5.96. The summed E-state index contributed by atoms with van der Waals surface area (Å²) in [6.07, 6.45) is 2.66. The van der Waals surface area contributed by atoms with Gasteiger partial charge in [-0.1, -0.05) is 11.6 Å². The summed E-state index contributed by atoms with van der Waals surface area (Å²) in [5.74, 6) is 0.0322. The molecule has 1 aromatic rings. The zero-order valence-electron chi connectivity index (χ0n) is 13.9. The number of anilines is 1. The van der Waals surface area contributed by atoms with Crippen LogP contribution in [-0.4, -0.2) is 29.3 Å². The van der Waals surface area contributed by atoms with E-state index >= 15 is 0 Å². The topological polar surface area (TPSA) is 77.5 Å². The van der Waals surface area contributed by atoms with Gasteiger partial charge in [-0.15, -0.1) is 0 Å². The Morgan fingerprint density at radius 3 is 2.61 bits per heavy atom. The molecule has 0 unspecified atom stereocenters. The monoisotopic (exact) mass is 342 g/mol. The van der Waals surface area contributed by atoms with Crippen molar-refractivity contribution in [2.45, 2.75) is 52.6 Å². The van der Waals surface area contributed by atoms with Crippen LogP contribution in [0.1, 0.15) is 46.1 Å². The van der Waals surface area contributed by atoms with E-state index in [9.17, 15) is 9.59 Å². The number of aryl methyl sites for hydroxylation is 1. The number of carbonyl (C=O) groups is 2. The number of hydrogen-bond acceptors (Lipinski definition) is 5. The van der Waals surface area contributed by atoms with E-state index in [2.05, 4.69) is 10.3 Å². The Kier molecular flexibility index (Phi) is 7.29. The molecule has 0 radical (unpaired) electrons. The maximum atomic E-state index is 11.7. The van der Waals surface area contributed by atoms with E-state index in [1.165, 1.54) is 0 Å². The minimum atomic E-state index is -0.609. The summed E-state index contributed by atoms with van der Waals surface area (Å²) in [5.41, 5.74) is 0.290. The normalized spacial score (nSPS) is 11.0. The first kappa shape index (κ1) is 19.2. The van der Waals surface area contributed by atoms with Crippen LogP contribution in [0.3, 0.4) is 0 Å². The number of nitrogens with one attached hydrogen (secondary N) is 1. The standard InChI is InChI=1S/C16H23ClN2O4/c1-5-22-13(20)8-6-7-11-9-12(17)14(18-10-11)19-15(21)23-16(2,3)4/h9-10H,5-8H2,1-4H3,(H,18,19,21). The van der Waals surface area contributed by atoms with Gasteiger partial charge in [-0.3, -0.25) is 10.1 Å². The third-order valence-corrected chi connectivity index (χ3v) is 2.96. The molecule has 23 heavy (non-hydrogen) atoms. The molecular formula is C16H23ClN2O4. The number of aromatic nitrogens is 1. The highest BCUT2D eigenvalue weighted by atomic mass is 35.5. The van der Waals surface area contributed by atoms with Crippen LogP contribution in [0.2, 0.25) is 5.02 Å². The number of nitrogens with zero attached hydrogens (tertiary/aromatic N) is 1. The molecule has 0 aliphatic carbocycles. The first-order chi connectivity index (χ1) is 10.7. The Hall–Kier alpha value is -1.82. The van der Waals surface area contributed by atoms with Gasteiger partial charge >= 0.3 is 12.1 Å². The number of amides is 1. The molecular weight excluding hydrogens is 320 g/mol. The molecule has 0 aliphatic heterocycles. The zero-order valence-corrected chi connectivity index (χ0v) is 14.7. The van der Waals surface area contributed by atoms with Crippen molar-refractivity contribution in [2.24, 2.45) is 0 Å². The lowest BCUT2D eigenvalue weighted by Gasteiger charge is -2.19. The largest absolute Gasteiger partial charge is 0.466 e. The summed E-state index contributed by atoms with van der Waals surface area (Å²) < 4.78 is 10.0. The molecule has 1 N–H and O–H groups in total. The average molecular weight is 343 g/mol. The summed E-state index contributed by atoms with van der Waals surface area (Å²) in [6.45, 7) is 7.48. The Labute approximate surface area is 141 Å². The minimum absolute atomic E-state index is 0.213. The van der Waals surface area contributed by atoms with Crippen molar-refractivity contribution in [2.75, 3.05) is 11.9 Å². The molecule has 128 valence electrons. The summed E-state index contributed by atoms with van der Waals surface area (Å²) >= 11 is 6.11. The van der Waals surface area contributed by atoms with Gasteiger partial charge in [0.05, 0.1) is 11.6 Å². The van der Waals surface area contributed by atoms with Crippen LogP contribution in [-0.2, 0) is 20.7 Å². The van der Waals surface area contributed by atoms with Crippen LogP contribution in [0.5, 0.6) is 0 Å². The smallest absolute Gasteiger partial charge is 0.413 e. The van der Waals surface area contributed by atoms with E-state index in [-0.39, 0.29) is 11.8 Å². The van der Waals surface area contributed by atoms with Crippen LogP contribution in [0.15, 0.2) is 12.3 Å². The van der Waals surface area contributed by atoms with Crippen LogP contribution >= 0.6 is 11.6 Å². The van der Waals surface area contributed by atoms with Gasteiger partial charge in [0.15, 0.2) is 5.82 Å². The SMILES string of the molecule is CCOC(=O)CCCc1cnc(NC(=O)OC(C)(C)C)c(Cl)c1. The fraction of sp³-hybridized carbons (Fsp3) is 0.562. The molecule has 0 fully saturated rings. The first-order valence-corrected chi connectivity index (χ1v) is 7.89. The highest BCUT2D eigenvalue weighted by molar-refractivity contribution is 6.33. The molecule has 1 amide bonds. The number of ether oxygens (including phenoxy) is 2. The summed E-state index contributed by atoms with van der Waals surface area (Å²) in [5, 5.41) is 2.83. The predicted octanol–water partition coefficient (Wildman–Crippen LogP) is 3.97. The van der Waals surface area contributed by atoms with Crippen molar-refractivity contribution in [1.29, 1.82) is 0 Å². The lowest BCUT2D eigenvalue weighted by Crippen LogP contribution is -2.27. The fourth-order valence-corrected chi connectivity index (χ4v) is 2.01. The van der Waals surface area contributed by atoms with Crippen molar-refractivity contribution in [1.82, 2.24) is 4.98 Å². The maximum absolute atomic E-state index is 11.7. The van der Waals surface area contributed by atoms with E-state index in [4.69, 9.17) is 21.1 Å². The van der Waals surface area contributed by atoms with Crippen molar-refractivity contribution in [3.8, 4) is 0 Å². The molecule has 1 aromatic heterocycles. The number of hydrogen-bond donors (Lipinski definition) is 1. The molecule has 7 heteroatoms. The van der Waals surface area contributed by atoms with Crippen molar-refractivity contribution >= 4 is 29.5 Å². The van der Waals surface area contributed by atoms with Crippen LogP contribution < -0.4 is 5.32 Å². The Bertz CT molecular complexity index is 556. The Balaban J connectivity index is 2.54. The second kappa shape index (κ2) is 8.72. The molecule has 1 rings (SSSR count). The third-order valence-electron chi connectivity index (χ3n) is 2.67. The average Bonchev–Trinajstić information content (AvgIpc) is 2.40. The van der Waals surface area contributed by atoms with Crippen LogP contribution in [0.25, 0.3) is 0 Å². The first-order valence-electron chi connectivity index (χ1n) is 7.51. The van der Waals surface area contributed by atoms with Gasteiger partial charge in [0.1, 0.15) is 5.60 Å². The second-order valence-corrected chi connectivity index (χ2v) is 6.37. The molecule has 0 saturated heterocycles. The van der Waals surface area contributed by atoms with Gasteiger partial charge in [0.25, 0.3) is 0 Å². The zero-order chi connectivity index (χ0) is 17.5. The lowest BCUT2D eigenvalue weighted by atomic mass is 10.1. The van der Waals surface area contributed by atoms with Gasteiger partial charge in [-0.2, -0.15) is 0 Å². The minimum Gasteiger partial charge on any atom is -0.466 e. The number of pyridine rings is 1. The van der Waals surface area contributed by atoms with Gasteiger partial charge < -0.3 is 9.47 Å². The van der Waals surface area contributed by atoms with E-state index in [0.29, 0.717) is 30.9 Å². The predicted molar refractivity (Wildman–Crippen MR) is 88.7 cm³/mol. The van der Waals surface area contributed by atoms with Crippen molar-refractivity contribution < 1.29 is 19.1 Å². The van der Waals surface area contributed by atoms with Gasteiger partial charge in [-0.05, 0) is 52.2 Å². The molecule has 0 atom stereocenters. The third kappa shape index (κ3) is 7.83. The quantitative estimate of drug-likeness (QED) is 0.791. The molecule has 6 nitrogen and oxygen atoms in total. The summed E-state index contributed by atoms with van der Waals surface area (Å²) in [4.78, 5) is 27.1. The van der Waals surface area contributed by atoms with Gasteiger partial charge in [0.2, 0.25) is 0 Å². The number of rotatable bonds is 6. The maximum Gasteiger partial charge on any atom is 0.413 e. The lowest BCUT2D eigenvalue weighted by molar-refractivity contribution is -0.143. The Morgan fingerprint density at radius 2 is 2.04 bits per heavy atom. The van der Waals surface area contributed by atoms with Crippen molar-refractivity contribution in [3.63, 3.8) is 0 Å². The van der Waals surface area contributed by atoms with Crippen molar-refractivity contribution in [3.05, 3.63) is 22.8 Å². The summed E-state index contributed by atoms with van der Waals surface area (Å²) in [6, 6.07) is 1.71. The number of halogens is 1. The van der Waals surface area contributed by atoms with Crippen LogP contribution in [0.4, 0.5) is 10.6 Å². The van der Waals surface area contributed by atoms with E-state index in [0.717, 1.165) is 5.56 Å². The number of esters is 1. The Morgan fingerprint density at radius 1 is 1.35 bits per heavy atom. The molecule has 0 spiro atoms. The van der Waals surface area contributed by atoms with Crippen LogP contribution in [0, 0.1) is 0 Å².